The number of nitrogens with zero attached hydrogens (tertiary/aromatic N) is 1. The van der Waals surface area contributed by atoms with Crippen molar-refractivity contribution < 1.29 is 0 Å². The quantitative estimate of drug-likeness (QED) is 0.701. The van der Waals surface area contributed by atoms with E-state index in [0.29, 0.717) is 0 Å². The number of H-pyrrole nitrogens is 1. The van der Waals surface area contributed by atoms with Gasteiger partial charge in [0, 0.05) is 18.0 Å². The van der Waals surface area contributed by atoms with Gasteiger partial charge in [-0.05, 0) is 23.3 Å². The minimum atomic E-state index is 0.850. The second-order valence-electron chi connectivity index (χ2n) is 3.79. The molecule has 0 aliphatic carbocycles. The molecule has 0 spiro atoms. The highest BCUT2D eigenvalue weighted by molar-refractivity contribution is 5.69. The monoisotopic (exact) mass is 219 g/mol. The summed E-state index contributed by atoms with van der Waals surface area (Å²) in [6, 6.07) is 19.6. The minimum absolute atomic E-state index is 0.850. The summed E-state index contributed by atoms with van der Waals surface area (Å²) in [5, 5.41) is 0. The summed E-state index contributed by atoms with van der Waals surface area (Å²) < 4.78 is 0. The fraction of sp³-hybridized carbons (Fsp3) is 0. The van der Waals surface area contributed by atoms with Crippen molar-refractivity contribution in [1.82, 2.24) is 9.97 Å². The first-order valence-corrected chi connectivity index (χ1v) is 5.50. The van der Waals surface area contributed by atoms with Gasteiger partial charge in [0.25, 0.3) is 0 Å². The van der Waals surface area contributed by atoms with Crippen LogP contribution in [0.4, 0.5) is 0 Å². The smallest absolute Gasteiger partial charge is 0.137 e. The number of hydrogen-bond acceptors (Lipinski definition) is 1. The standard InChI is InChI=1S/C15H11N2/c1-2-5-12(6-3-1)13-7-4-8-14(11-13)15-16-9-10-17-15/h1-7,9-11H,(H,16,17). The van der Waals surface area contributed by atoms with Gasteiger partial charge in [-0.25, -0.2) is 4.98 Å². The lowest BCUT2D eigenvalue weighted by molar-refractivity contribution is 1.31. The van der Waals surface area contributed by atoms with Gasteiger partial charge >= 0.3 is 0 Å². The molecular weight excluding hydrogens is 208 g/mol. The molecule has 1 radical (unpaired) electrons. The van der Waals surface area contributed by atoms with Crippen molar-refractivity contribution in [3.63, 3.8) is 0 Å². The highest BCUT2D eigenvalue weighted by Crippen LogP contribution is 2.23. The molecule has 0 atom stereocenters. The molecule has 1 N–H and O–H groups in total. The zero-order valence-corrected chi connectivity index (χ0v) is 9.22. The van der Waals surface area contributed by atoms with Gasteiger partial charge < -0.3 is 4.98 Å². The van der Waals surface area contributed by atoms with Crippen LogP contribution in [0.5, 0.6) is 0 Å². The summed E-state index contributed by atoms with van der Waals surface area (Å²) in [4.78, 5) is 7.32. The number of aromatic amines is 1. The highest BCUT2D eigenvalue weighted by atomic mass is 14.9. The van der Waals surface area contributed by atoms with E-state index in [1.807, 2.05) is 30.5 Å². The molecule has 0 bridgehead atoms. The van der Waals surface area contributed by atoms with Gasteiger partial charge in [-0.3, -0.25) is 0 Å². The molecule has 0 aliphatic rings. The van der Waals surface area contributed by atoms with Crippen molar-refractivity contribution in [2.24, 2.45) is 0 Å². The van der Waals surface area contributed by atoms with E-state index >= 15 is 0 Å². The number of imidazole rings is 1. The van der Waals surface area contributed by atoms with Crippen molar-refractivity contribution in [2.45, 2.75) is 0 Å². The Morgan fingerprint density at radius 3 is 2.65 bits per heavy atom. The SMILES string of the molecule is [c]1ccc(-c2ccccc2)cc1-c1ncc[nH]1. The van der Waals surface area contributed by atoms with E-state index < -0.39 is 0 Å². The molecular formula is C15H11N2. The summed E-state index contributed by atoms with van der Waals surface area (Å²) >= 11 is 0. The van der Waals surface area contributed by atoms with Gasteiger partial charge in [0.2, 0.25) is 0 Å². The lowest BCUT2D eigenvalue weighted by Crippen LogP contribution is -1.83. The Bertz CT molecular complexity index is 598. The van der Waals surface area contributed by atoms with Crippen LogP contribution in [-0.2, 0) is 0 Å². The maximum atomic E-state index is 4.23. The van der Waals surface area contributed by atoms with E-state index in [9.17, 15) is 0 Å². The first kappa shape index (κ1) is 9.85. The second-order valence-corrected chi connectivity index (χ2v) is 3.79. The Hall–Kier alpha value is -2.35. The van der Waals surface area contributed by atoms with Crippen LogP contribution in [0.25, 0.3) is 22.5 Å². The molecule has 0 saturated carbocycles. The Morgan fingerprint density at radius 2 is 1.88 bits per heavy atom. The molecule has 81 valence electrons. The summed E-state index contributed by atoms with van der Waals surface area (Å²) in [6.45, 7) is 0. The molecule has 2 heteroatoms. The third-order valence-corrected chi connectivity index (χ3v) is 2.66. The van der Waals surface area contributed by atoms with Crippen LogP contribution >= 0.6 is 0 Å². The van der Waals surface area contributed by atoms with Crippen molar-refractivity contribution >= 4 is 0 Å². The number of benzene rings is 2. The van der Waals surface area contributed by atoms with E-state index in [-0.39, 0.29) is 0 Å². The minimum Gasteiger partial charge on any atom is -0.345 e. The van der Waals surface area contributed by atoms with Crippen LogP contribution < -0.4 is 0 Å². The van der Waals surface area contributed by atoms with E-state index in [2.05, 4.69) is 40.3 Å². The zero-order chi connectivity index (χ0) is 11.5. The van der Waals surface area contributed by atoms with Gasteiger partial charge in [-0.1, -0.05) is 42.5 Å². The van der Waals surface area contributed by atoms with Crippen molar-refractivity contribution in [2.75, 3.05) is 0 Å². The van der Waals surface area contributed by atoms with Gasteiger partial charge in [0.15, 0.2) is 0 Å². The van der Waals surface area contributed by atoms with E-state index in [1.165, 1.54) is 11.1 Å². The lowest BCUT2D eigenvalue weighted by atomic mass is 10.0. The summed E-state index contributed by atoms with van der Waals surface area (Å²) in [5.74, 6) is 0.850. The molecule has 0 aliphatic heterocycles. The van der Waals surface area contributed by atoms with Gasteiger partial charge in [0.1, 0.15) is 5.82 Å². The molecule has 17 heavy (non-hydrogen) atoms. The maximum absolute atomic E-state index is 4.23. The topological polar surface area (TPSA) is 28.7 Å². The highest BCUT2D eigenvalue weighted by Gasteiger charge is 2.02. The number of nitrogens with one attached hydrogen (secondary N) is 1. The van der Waals surface area contributed by atoms with Crippen LogP contribution in [-0.4, -0.2) is 9.97 Å². The molecule has 0 fully saturated rings. The van der Waals surface area contributed by atoms with Crippen LogP contribution in [0.3, 0.4) is 0 Å². The van der Waals surface area contributed by atoms with Crippen molar-refractivity contribution in [3.8, 4) is 22.5 Å². The summed E-state index contributed by atoms with van der Waals surface area (Å²) in [7, 11) is 0. The lowest BCUT2D eigenvalue weighted by Gasteiger charge is -2.03. The van der Waals surface area contributed by atoms with Gasteiger partial charge in [0.05, 0.1) is 0 Å². The van der Waals surface area contributed by atoms with Gasteiger partial charge in [-0.15, -0.1) is 0 Å². The first-order valence-electron chi connectivity index (χ1n) is 5.50. The number of hydrogen-bond donors (Lipinski definition) is 1. The molecule has 2 nitrogen and oxygen atoms in total. The Balaban J connectivity index is 2.06. The fourth-order valence-corrected chi connectivity index (χ4v) is 1.83. The molecule has 0 amide bonds. The Morgan fingerprint density at radius 1 is 1.00 bits per heavy atom. The van der Waals surface area contributed by atoms with E-state index in [1.54, 1.807) is 6.20 Å². The predicted octanol–water partition coefficient (Wildman–Crippen LogP) is 3.54. The van der Waals surface area contributed by atoms with Crippen molar-refractivity contribution in [3.05, 3.63) is 67.0 Å². The molecule has 0 saturated heterocycles. The zero-order valence-electron chi connectivity index (χ0n) is 9.22. The Kier molecular flexibility index (Phi) is 2.47. The molecule has 2 aromatic carbocycles. The third-order valence-electron chi connectivity index (χ3n) is 2.66. The normalized spacial score (nSPS) is 10.4. The Labute approximate surface area is 100.0 Å². The average Bonchev–Trinajstić information content (AvgIpc) is 2.94. The maximum Gasteiger partial charge on any atom is 0.137 e. The summed E-state index contributed by atoms with van der Waals surface area (Å²) in [6.07, 6.45) is 3.57. The van der Waals surface area contributed by atoms with Crippen LogP contribution in [0, 0.1) is 6.07 Å². The summed E-state index contributed by atoms with van der Waals surface area (Å²) in [5.41, 5.74) is 3.36. The molecule has 1 aromatic heterocycles. The largest absolute Gasteiger partial charge is 0.345 e. The third kappa shape index (κ3) is 1.97. The second kappa shape index (κ2) is 4.26. The number of rotatable bonds is 2. The molecule has 3 aromatic rings. The first-order chi connectivity index (χ1) is 8.43. The number of aromatic nitrogens is 2. The average molecular weight is 219 g/mol. The molecule has 3 rings (SSSR count). The predicted molar refractivity (Wildman–Crippen MR) is 68.3 cm³/mol. The van der Waals surface area contributed by atoms with Crippen LogP contribution in [0.15, 0.2) is 60.9 Å². The molecule has 0 unspecified atom stereocenters. The molecule has 1 heterocycles. The van der Waals surface area contributed by atoms with Crippen LogP contribution in [0.2, 0.25) is 0 Å². The van der Waals surface area contributed by atoms with E-state index in [0.717, 1.165) is 11.4 Å². The fourth-order valence-electron chi connectivity index (χ4n) is 1.83. The van der Waals surface area contributed by atoms with Gasteiger partial charge in [-0.2, -0.15) is 0 Å². The van der Waals surface area contributed by atoms with Crippen LogP contribution in [0.1, 0.15) is 0 Å². The van der Waals surface area contributed by atoms with E-state index in [4.69, 9.17) is 0 Å². The van der Waals surface area contributed by atoms with Crippen molar-refractivity contribution in [1.29, 1.82) is 0 Å².